The number of rotatable bonds is 4. The summed E-state index contributed by atoms with van der Waals surface area (Å²) in [6.07, 6.45) is 3.87. The highest BCUT2D eigenvalue weighted by atomic mass is 35.5. The first kappa shape index (κ1) is 24.6. The fourth-order valence-corrected chi connectivity index (χ4v) is 7.15. The largest absolute Gasteiger partial charge is 0.497 e. The van der Waals surface area contributed by atoms with Crippen molar-refractivity contribution in [3.05, 3.63) is 136 Å². The first-order valence-electron chi connectivity index (χ1n) is 13.2. The Morgan fingerprint density at radius 1 is 0.825 bits per heavy atom. The monoisotopic (exact) mass is 545 g/mol. The van der Waals surface area contributed by atoms with Crippen LogP contribution in [0.25, 0.3) is 6.08 Å². The average molecular weight is 546 g/mol. The molecule has 0 unspecified atom stereocenters. The van der Waals surface area contributed by atoms with Gasteiger partial charge in [-0.25, -0.2) is 0 Å². The summed E-state index contributed by atoms with van der Waals surface area (Å²) in [5.41, 5.74) is 2.01. The van der Waals surface area contributed by atoms with Crippen molar-refractivity contribution in [1.29, 1.82) is 0 Å². The fraction of sp³-hybridized carbons (Fsp3) is 0.147. The summed E-state index contributed by atoms with van der Waals surface area (Å²) in [6, 6.07) is 27.4. The molecule has 4 aromatic rings. The maximum atomic E-state index is 14.7. The molecule has 1 spiro atoms. The van der Waals surface area contributed by atoms with Crippen LogP contribution in [0.3, 0.4) is 0 Å². The summed E-state index contributed by atoms with van der Waals surface area (Å²) in [7, 11) is 1.58. The van der Waals surface area contributed by atoms with Gasteiger partial charge in [-0.1, -0.05) is 90.5 Å². The molecule has 5 nitrogen and oxygen atoms in total. The van der Waals surface area contributed by atoms with Crippen molar-refractivity contribution in [2.45, 2.75) is 18.0 Å². The van der Waals surface area contributed by atoms with Gasteiger partial charge in [0.25, 0.3) is 0 Å². The first-order chi connectivity index (χ1) is 19.5. The molecule has 4 aromatic carbocycles. The summed E-state index contributed by atoms with van der Waals surface area (Å²) in [6.45, 7) is 0. The minimum atomic E-state index is -1.55. The molecule has 40 heavy (non-hydrogen) atoms. The second-order valence-corrected chi connectivity index (χ2v) is 10.8. The van der Waals surface area contributed by atoms with Crippen LogP contribution < -0.4 is 9.64 Å². The van der Waals surface area contributed by atoms with Crippen molar-refractivity contribution in [1.82, 2.24) is 0 Å². The van der Waals surface area contributed by atoms with E-state index >= 15 is 0 Å². The number of anilines is 1. The Hall–Kier alpha value is -4.48. The van der Waals surface area contributed by atoms with Crippen molar-refractivity contribution in [3.8, 4) is 5.75 Å². The van der Waals surface area contributed by atoms with E-state index in [1.165, 1.54) is 0 Å². The standard InChI is InChI=1S/C34H24ClNO4/c1-40-22-17-14-21(15-18-22)29-30(31(37)25-11-5-6-12-26(25)35)36-27-13-7-2-8-20(27)16-19-28(36)34(29)32(38)23-9-3-4-10-24(23)33(34)39/h2-19,28-30H,1H3/t28-,29+,30-/m1/s1. The molecule has 6 heteroatoms. The Bertz CT molecular complexity index is 1710. The quantitative estimate of drug-likeness (QED) is 0.212. The zero-order chi connectivity index (χ0) is 27.6. The van der Waals surface area contributed by atoms with Crippen LogP contribution in [0.2, 0.25) is 5.02 Å². The molecule has 1 saturated heterocycles. The number of hydrogen-bond donors (Lipinski definition) is 0. The third kappa shape index (κ3) is 3.18. The van der Waals surface area contributed by atoms with E-state index < -0.39 is 23.4 Å². The Kier molecular flexibility index (Phi) is 5.55. The second kappa shape index (κ2) is 9.04. The molecule has 0 aromatic heterocycles. The number of hydrogen-bond acceptors (Lipinski definition) is 5. The number of carbonyl (C=O) groups is 3. The van der Waals surface area contributed by atoms with Gasteiger partial charge in [0, 0.05) is 28.3 Å². The Morgan fingerprint density at radius 3 is 2.12 bits per heavy atom. The Labute approximate surface area is 236 Å². The average Bonchev–Trinajstić information content (AvgIpc) is 3.43. The number of nitrogens with zero attached hydrogens (tertiary/aromatic N) is 1. The molecule has 0 saturated carbocycles. The van der Waals surface area contributed by atoms with Crippen molar-refractivity contribution in [3.63, 3.8) is 0 Å². The number of ketones is 3. The third-order valence-corrected chi connectivity index (χ3v) is 8.93. The van der Waals surface area contributed by atoms with Crippen LogP contribution in [0.5, 0.6) is 5.75 Å². The number of Topliss-reactive ketones (excluding diaryl/α,β-unsaturated/α-hetero) is 3. The predicted octanol–water partition coefficient (Wildman–Crippen LogP) is 6.66. The summed E-state index contributed by atoms with van der Waals surface area (Å²) >= 11 is 6.58. The van der Waals surface area contributed by atoms with Crippen LogP contribution in [-0.2, 0) is 0 Å². The molecule has 0 N–H and O–H groups in total. The maximum absolute atomic E-state index is 14.7. The highest BCUT2D eigenvalue weighted by molar-refractivity contribution is 6.35. The molecule has 0 radical (unpaired) electrons. The minimum absolute atomic E-state index is 0.241. The van der Waals surface area contributed by atoms with E-state index in [1.54, 1.807) is 67.8 Å². The molecule has 3 atom stereocenters. The number of methoxy groups -OCH3 is 1. The summed E-state index contributed by atoms with van der Waals surface area (Å²) in [5, 5.41) is 0.326. The summed E-state index contributed by atoms with van der Waals surface area (Å²) < 4.78 is 5.40. The molecule has 196 valence electrons. The zero-order valence-corrected chi connectivity index (χ0v) is 22.3. The van der Waals surface area contributed by atoms with Crippen LogP contribution >= 0.6 is 11.6 Å². The molecule has 1 fully saturated rings. The number of fused-ring (bicyclic) bond motifs is 5. The second-order valence-electron chi connectivity index (χ2n) is 10.4. The number of ether oxygens (including phenoxy) is 1. The van der Waals surface area contributed by atoms with Gasteiger partial charge in [-0.2, -0.15) is 0 Å². The van der Waals surface area contributed by atoms with Crippen molar-refractivity contribution < 1.29 is 19.1 Å². The van der Waals surface area contributed by atoms with E-state index in [0.29, 0.717) is 33.0 Å². The van der Waals surface area contributed by atoms with Crippen LogP contribution in [0.15, 0.2) is 103 Å². The maximum Gasteiger partial charge on any atom is 0.187 e. The van der Waals surface area contributed by atoms with Crippen LogP contribution in [-0.4, -0.2) is 36.5 Å². The van der Waals surface area contributed by atoms with E-state index in [9.17, 15) is 14.4 Å². The van der Waals surface area contributed by atoms with Crippen LogP contribution in [0.1, 0.15) is 48.1 Å². The van der Waals surface area contributed by atoms with E-state index in [4.69, 9.17) is 16.3 Å². The van der Waals surface area contributed by atoms with E-state index in [2.05, 4.69) is 0 Å². The Morgan fingerprint density at radius 2 is 1.45 bits per heavy atom. The van der Waals surface area contributed by atoms with Gasteiger partial charge >= 0.3 is 0 Å². The van der Waals surface area contributed by atoms with Gasteiger partial charge in [-0.3, -0.25) is 14.4 Å². The van der Waals surface area contributed by atoms with Gasteiger partial charge in [-0.05, 0) is 41.5 Å². The van der Waals surface area contributed by atoms with E-state index in [1.807, 2.05) is 53.5 Å². The number of para-hydroxylation sites is 1. The lowest BCUT2D eigenvalue weighted by molar-refractivity contribution is 0.0666. The zero-order valence-electron chi connectivity index (χ0n) is 21.6. The molecule has 7 rings (SSSR count). The predicted molar refractivity (Wildman–Crippen MR) is 155 cm³/mol. The van der Waals surface area contributed by atoms with Gasteiger partial charge in [0.05, 0.1) is 18.2 Å². The number of halogens is 1. The van der Waals surface area contributed by atoms with Crippen molar-refractivity contribution in [2.24, 2.45) is 5.41 Å². The van der Waals surface area contributed by atoms with Crippen molar-refractivity contribution >= 4 is 40.7 Å². The highest BCUT2D eigenvalue weighted by Crippen LogP contribution is 2.61. The molecule has 0 amide bonds. The van der Waals surface area contributed by atoms with Gasteiger partial charge in [0.15, 0.2) is 17.3 Å². The molecule has 0 bridgehead atoms. The normalized spacial score (nSPS) is 21.8. The fourth-order valence-electron chi connectivity index (χ4n) is 6.92. The summed E-state index contributed by atoms with van der Waals surface area (Å²) in [4.78, 5) is 45.9. The molecular weight excluding hydrogens is 522 g/mol. The van der Waals surface area contributed by atoms with Gasteiger partial charge in [-0.15, -0.1) is 0 Å². The molecule has 2 heterocycles. The third-order valence-electron chi connectivity index (χ3n) is 8.60. The Balaban J connectivity index is 1.55. The number of benzene rings is 4. The highest BCUT2D eigenvalue weighted by Gasteiger charge is 2.71. The minimum Gasteiger partial charge on any atom is -0.497 e. The van der Waals surface area contributed by atoms with Crippen molar-refractivity contribution in [2.75, 3.05) is 12.0 Å². The molecular formula is C34H24ClNO4. The molecule has 3 aliphatic rings. The lowest BCUT2D eigenvalue weighted by Crippen LogP contribution is -2.48. The lowest BCUT2D eigenvalue weighted by Gasteiger charge is -2.37. The number of carbonyl (C=O) groups excluding carboxylic acids is 3. The van der Waals surface area contributed by atoms with Gasteiger partial charge in [0.2, 0.25) is 0 Å². The lowest BCUT2D eigenvalue weighted by atomic mass is 9.64. The van der Waals surface area contributed by atoms with E-state index in [0.717, 1.165) is 11.3 Å². The topological polar surface area (TPSA) is 63.7 Å². The smallest absolute Gasteiger partial charge is 0.187 e. The van der Waals surface area contributed by atoms with Gasteiger partial charge in [0.1, 0.15) is 17.2 Å². The van der Waals surface area contributed by atoms with E-state index in [-0.39, 0.29) is 17.3 Å². The van der Waals surface area contributed by atoms with Crippen LogP contribution in [0, 0.1) is 5.41 Å². The summed E-state index contributed by atoms with van der Waals surface area (Å²) in [5.74, 6) is -0.921. The SMILES string of the molecule is COc1ccc([C@H]2[C@H](C(=O)c3ccccc3Cl)N3c4ccccc4C=C[C@@H]3C23C(=O)c2ccccc2C3=O)cc1. The first-order valence-corrected chi connectivity index (χ1v) is 13.5. The van der Waals surface area contributed by atoms with Crippen LogP contribution in [0.4, 0.5) is 5.69 Å². The molecule has 1 aliphatic carbocycles. The van der Waals surface area contributed by atoms with Gasteiger partial charge < -0.3 is 9.64 Å². The molecule has 2 aliphatic heterocycles.